The molecule has 0 spiro atoms. The van der Waals surface area contributed by atoms with Crippen molar-refractivity contribution < 1.29 is 4.79 Å². The van der Waals surface area contributed by atoms with Gasteiger partial charge in [-0.15, -0.1) is 0 Å². The van der Waals surface area contributed by atoms with E-state index >= 15 is 0 Å². The van der Waals surface area contributed by atoms with Crippen molar-refractivity contribution in [1.82, 2.24) is 9.97 Å². The first-order chi connectivity index (χ1) is 15.7. The topological polar surface area (TPSA) is 78.1 Å². The first-order valence-electron chi connectivity index (χ1n) is 11.8. The Morgan fingerprint density at radius 1 is 1.12 bits per heavy atom. The Morgan fingerprint density at radius 3 is 2.52 bits per heavy atom. The van der Waals surface area contributed by atoms with Gasteiger partial charge in [0, 0.05) is 49.1 Å². The number of carbonyl (C=O) groups is 1. The molecular weight excluding hydrogens is 432 g/mol. The van der Waals surface area contributed by atoms with Gasteiger partial charge in [0.05, 0.1) is 5.56 Å². The smallest absolute Gasteiger partial charge is 0.257 e. The fraction of sp³-hybridized carbons (Fsp3) is 0.500. The minimum atomic E-state index is -0.411. The predicted molar refractivity (Wildman–Crippen MR) is 136 cm³/mol. The van der Waals surface area contributed by atoms with Gasteiger partial charge in [-0.1, -0.05) is 57.5 Å². The molecule has 176 valence electrons. The number of carbonyl (C=O) groups excluding carboxylic acids is 1. The van der Waals surface area contributed by atoms with Crippen LogP contribution in [0.3, 0.4) is 0 Å². The van der Waals surface area contributed by atoms with Crippen LogP contribution in [0.2, 0.25) is 0 Å². The van der Waals surface area contributed by atoms with Crippen molar-refractivity contribution in [3.05, 3.63) is 57.0 Å². The Hall–Kier alpha value is -2.54. The maximum atomic E-state index is 13.4. The average Bonchev–Trinajstić information content (AvgIpc) is 2.74. The second-order valence-electron chi connectivity index (χ2n) is 10.1. The summed E-state index contributed by atoms with van der Waals surface area (Å²) in [6, 6.07) is 8.13. The molecular formula is C26H34N4O2S. The number of hydrogen-bond acceptors (Lipinski definition) is 6. The first-order valence-corrected chi connectivity index (χ1v) is 12.8. The van der Waals surface area contributed by atoms with Crippen LogP contribution < -0.4 is 15.8 Å². The van der Waals surface area contributed by atoms with Crippen molar-refractivity contribution in [3.8, 4) is 0 Å². The quantitative estimate of drug-likeness (QED) is 0.327. The Balaban J connectivity index is 1.80. The van der Waals surface area contributed by atoms with E-state index < -0.39 is 5.92 Å². The summed E-state index contributed by atoms with van der Waals surface area (Å²) in [6.07, 6.45) is 4.65. The molecule has 0 amide bonds. The molecule has 1 atom stereocenters. The van der Waals surface area contributed by atoms with Crippen molar-refractivity contribution in [1.29, 1.82) is 0 Å². The minimum Gasteiger partial charge on any atom is -0.378 e. The number of benzene rings is 1. The summed E-state index contributed by atoms with van der Waals surface area (Å²) in [5, 5.41) is 4.04. The van der Waals surface area contributed by atoms with Crippen LogP contribution in [0.15, 0.2) is 45.5 Å². The fourth-order valence-corrected chi connectivity index (χ4v) is 5.64. The molecule has 1 aliphatic carbocycles. The third-order valence-electron chi connectivity index (χ3n) is 6.43. The first kappa shape index (κ1) is 23.6. The fourth-order valence-electron chi connectivity index (χ4n) is 4.78. The molecule has 33 heavy (non-hydrogen) atoms. The number of allylic oxidation sites excluding steroid dienone is 2. The number of thioether (sulfide) groups is 1. The highest BCUT2D eigenvalue weighted by molar-refractivity contribution is 7.99. The van der Waals surface area contributed by atoms with E-state index in [4.69, 9.17) is 4.98 Å². The monoisotopic (exact) mass is 466 g/mol. The van der Waals surface area contributed by atoms with Crippen LogP contribution in [0, 0.1) is 5.41 Å². The number of rotatable bonds is 7. The van der Waals surface area contributed by atoms with Crippen LogP contribution in [-0.4, -0.2) is 35.6 Å². The molecule has 7 heteroatoms. The Labute approximate surface area is 200 Å². The third-order valence-corrected chi connectivity index (χ3v) is 7.39. The molecule has 2 N–H and O–H groups in total. The van der Waals surface area contributed by atoms with E-state index in [-0.39, 0.29) is 16.8 Å². The number of nitrogens with one attached hydrogen (secondary N) is 2. The summed E-state index contributed by atoms with van der Waals surface area (Å²) >= 11 is 1.58. The second kappa shape index (κ2) is 9.37. The summed E-state index contributed by atoms with van der Waals surface area (Å²) in [6.45, 7) is 6.41. The third kappa shape index (κ3) is 4.88. The van der Waals surface area contributed by atoms with Gasteiger partial charge in [-0.25, -0.2) is 4.98 Å². The number of aromatic nitrogens is 2. The van der Waals surface area contributed by atoms with Gasteiger partial charge in [-0.3, -0.25) is 9.59 Å². The van der Waals surface area contributed by atoms with E-state index in [0.29, 0.717) is 23.0 Å². The lowest BCUT2D eigenvalue weighted by Gasteiger charge is -2.38. The van der Waals surface area contributed by atoms with E-state index in [2.05, 4.69) is 31.1 Å². The Kier molecular flexibility index (Phi) is 6.71. The van der Waals surface area contributed by atoms with Crippen molar-refractivity contribution >= 4 is 29.1 Å². The molecule has 1 unspecified atom stereocenters. The van der Waals surface area contributed by atoms with Gasteiger partial charge >= 0.3 is 0 Å². The van der Waals surface area contributed by atoms with E-state index in [1.165, 1.54) is 6.42 Å². The number of Topliss-reactive ketones (excluding diaryl/α,β-unsaturated/α-hetero) is 1. The number of unbranched alkanes of at least 4 members (excludes halogenated alkanes) is 2. The van der Waals surface area contributed by atoms with Crippen LogP contribution in [0.1, 0.15) is 69.9 Å². The second-order valence-corrected chi connectivity index (χ2v) is 11.1. The number of ketones is 1. The zero-order chi connectivity index (χ0) is 23.8. The lowest BCUT2D eigenvalue weighted by molar-refractivity contribution is -0.118. The van der Waals surface area contributed by atoms with E-state index in [1.54, 1.807) is 11.8 Å². The highest BCUT2D eigenvalue weighted by atomic mass is 32.2. The minimum absolute atomic E-state index is 0.110. The zero-order valence-corrected chi connectivity index (χ0v) is 21.1. The van der Waals surface area contributed by atoms with Gasteiger partial charge in [0.2, 0.25) is 0 Å². The van der Waals surface area contributed by atoms with Crippen molar-refractivity contribution in [2.45, 2.75) is 63.9 Å². The normalized spacial score (nSPS) is 19.1. The highest BCUT2D eigenvalue weighted by Crippen LogP contribution is 2.47. The summed E-state index contributed by atoms with van der Waals surface area (Å²) < 4.78 is 0. The van der Waals surface area contributed by atoms with E-state index in [9.17, 15) is 9.59 Å². The van der Waals surface area contributed by atoms with Gasteiger partial charge < -0.3 is 15.2 Å². The molecule has 6 nitrogen and oxygen atoms in total. The van der Waals surface area contributed by atoms with Crippen LogP contribution in [0.25, 0.3) is 0 Å². The molecule has 1 aromatic heterocycles. The molecule has 0 saturated carbocycles. The molecule has 4 rings (SSSR count). The van der Waals surface area contributed by atoms with Crippen LogP contribution in [-0.2, 0) is 4.79 Å². The van der Waals surface area contributed by atoms with Crippen LogP contribution >= 0.6 is 11.8 Å². The number of aromatic amines is 1. The summed E-state index contributed by atoms with van der Waals surface area (Å²) in [5.41, 5.74) is 3.89. The van der Waals surface area contributed by atoms with Crippen LogP contribution in [0.5, 0.6) is 0 Å². The number of hydrogen-bond donors (Lipinski definition) is 2. The summed E-state index contributed by atoms with van der Waals surface area (Å²) in [7, 11) is 3.99. The maximum absolute atomic E-state index is 13.4. The SMILES string of the molecule is CCCCCSc1nc2c(c(=O)[nH]1)C(c1ccc(N(C)C)cc1)C1=C(CC(C)(C)CC1=O)N2. The molecule has 0 fully saturated rings. The van der Waals surface area contributed by atoms with Crippen molar-refractivity contribution in [3.63, 3.8) is 0 Å². The Bertz CT molecular complexity index is 1130. The molecule has 2 heterocycles. The summed E-state index contributed by atoms with van der Waals surface area (Å²) in [4.78, 5) is 36.5. The largest absolute Gasteiger partial charge is 0.378 e. The number of fused-ring (bicyclic) bond motifs is 1. The molecule has 0 saturated heterocycles. The molecule has 2 aliphatic rings. The van der Waals surface area contributed by atoms with Gasteiger partial charge in [0.1, 0.15) is 5.82 Å². The van der Waals surface area contributed by atoms with E-state index in [0.717, 1.165) is 47.5 Å². The number of nitrogens with zero attached hydrogens (tertiary/aromatic N) is 2. The van der Waals surface area contributed by atoms with E-state index in [1.807, 2.05) is 43.3 Å². The molecule has 0 radical (unpaired) electrons. The van der Waals surface area contributed by atoms with Crippen LogP contribution in [0.4, 0.5) is 11.5 Å². The molecule has 2 aromatic rings. The predicted octanol–water partition coefficient (Wildman–Crippen LogP) is 5.32. The molecule has 0 bridgehead atoms. The highest BCUT2D eigenvalue weighted by Gasteiger charge is 2.42. The lowest BCUT2D eigenvalue weighted by atomic mass is 9.69. The number of H-pyrrole nitrogens is 1. The average molecular weight is 467 g/mol. The van der Waals surface area contributed by atoms with Gasteiger partial charge in [-0.2, -0.15) is 0 Å². The van der Waals surface area contributed by atoms with Crippen molar-refractivity contribution in [2.75, 3.05) is 30.1 Å². The standard InChI is InChI=1S/C26H34N4O2S/c1-6-7-8-13-33-25-28-23-22(24(32)29-25)20(16-9-11-17(12-10-16)30(4)5)21-18(27-23)14-26(2,3)15-19(21)31/h9-12,20H,6-8,13-15H2,1-5H3,(H2,27,28,29,32). The molecule has 1 aromatic carbocycles. The summed E-state index contributed by atoms with van der Waals surface area (Å²) in [5.74, 6) is 1.21. The van der Waals surface area contributed by atoms with Crippen molar-refractivity contribution in [2.24, 2.45) is 5.41 Å². The maximum Gasteiger partial charge on any atom is 0.257 e. The molecule has 1 aliphatic heterocycles. The number of anilines is 2. The van der Waals surface area contributed by atoms with Gasteiger partial charge in [0.15, 0.2) is 10.9 Å². The Morgan fingerprint density at radius 2 is 1.85 bits per heavy atom. The van der Waals surface area contributed by atoms with Gasteiger partial charge in [-0.05, 0) is 36.0 Å². The zero-order valence-electron chi connectivity index (χ0n) is 20.2. The lowest BCUT2D eigenvalue weighted by Crippen LogP contribution is -2.37. The van der Waals surface area contributed by atoms with Gasteiger partial charge in [0.25, 0.3) is 5.56 Å².